The fraction of sp³-hybridized carbons (Fsp3) is 0.938. The third kappa shape index (κ3) is 3.34. The second-order valence-electron chi connectivity index (χ2n) is 6.53. The topological polar surface area (TPSA) is 43.1 Å². The summed E-state index contributed by atoms with van der Waals surface area (Å²) in [6.45, 7) is 0.582. The van der Waals surface area contributed by atoms with Crippen LogP contribution in [0.25, 0.3) is 0 Å². The molecule has 0 aromatic carbocycles. The lowest BCUT2D eigenvalue weighted by Gasteiger charge is -2.32. The first-order chi connectivity index (χ1) is 8.77. The van der Waals surface area contributed by atoms with Gasteiger partial charge in [-0.3, -0.25) is 4.79 Å². The second kappa shape index (κ2) is 6.70. The van der Waals surface area contributed by atoms with Crippen LogP contribution in [0.5, 0.6) is 0 Å². The average Bonchev–Trinajstić information content (AvgIpc) is 2.66. The number of carbonyl (C=O) groups excluding carboxylic acids is 1. The van der Waals surface area contributed by atoms with Gasteiger partial charge in [0, 0.05) is 18.4 Å². The van der Waals surface area contributed by atoms with Gasteiger partial charge in [0.05, 0.1) is 0 Å². The van der Waals surface area contributed by atoms with Gasteiger partial charge in [0.15, 0.2) is 0 Å². The number of ketones is 1. The Balaban J connectivity index is 1.94. The quantitative estimate of drug-likeness (QED) is 0.772. The summed E-state index contributed by atoms with van der Waals surface area (Å²) in [6, 6.07) is 0. The fourth-order valence-electron chi connectivity index (χ4n) is 3.87. The molecule has 2 N–H and O–H groups in total. The molecule has 0 radical (unpaired) electrons. The molecule has 2 fully saturated rings. The van der Waals surface area contributed by atoms with E-state index in [1.54, 1.807) is 0 Å². The Kier molecular flexibility index (Phi) is 5.23. The molecule has 2 aliphatic rings. The van der Waals surface area contributed by atoms with Crippen molar-refractivity contribution in [1.29, 1.82) is 0 Å². The van der Waals surface area contributed by atoms with Crippen LogP contribution in [0.15, 0.2) is 0 Å². The third-order valence-electron chi connectivity index (χ3n) is 5.24. The van der Waals surface area contributed by atoms with Gasteiger partial charge in [0.25, 0.3) is 0 Å². The van der Waals surface area contributed by atoms with E-state index in [1.165, 1.54) is 57.8 Å². The van der Waals surface area contributed by atoms with Crippen LogP contribution in [0, 0.1) is 11.3 Å². The van der Waals surface area contributed by atoms with Crippen LogP contribution < -0.4 is 5.73 Å². The maximum absolute atomic E-state index is 12.7. The molecule has 2 aliphatic carbocycles. The molecule has 104 valence electrons. The molecular weight excluding hydrogens is 222 g/mol. The molecule has 2 saturated carbocycles. The Hall–Kier alpha value is -0.370. The fourth-order valence-corrected chi connectivity index (χ4v) is 3.87. The third-order valence-corrected chi connectivity index (χ3v) is 5.24. The summed E-state index contributed by atoms with van der Waals surface area (Å²) in [4.78, 5) is 12.7. The van der Waals surface area contributed by atoms with E-state index in [-0.39, 0.29) is 5.41 Å². The van der Waals surface area contributed by atoms with E-state index < -0.39 is 0 Å². The maximum atomic E-state index is 12.7. The van der Waals surface area contributed by atoms with Gasteiger partial charge in [-0.05, 0) is 18.8 Å². The average molecular weight is 251 g/mol. The minimum atomic E-state index is -0.145. The Morgan fingerprint density at radius 2 is 1.50 bits per heavy atom. The lowest BCUT2D eigenvalue weighted by molar-refractivity contribution is -0.130. The molecule has 2 nitrogen and oxygen atoms in total. The Labute approximate surface area is 112 Å². The molecule has 0 heterocycles. The van der Waals surface area contributed by atoms with Crippen molar-refractivity contribution in [2.75, 3.05) is 6.54 Å². The van der Waals surface area contributed by atoms with E-state index >= 15 is 0 Å². The van der Waals surface area contributed by atoms with E-state index in [4.69, 9.17) is 5.73 Å². The molecular formula is C16H29NO. The number of hydrogen-bond acceptors (Lipinski definition) is 2. The molecule has 0 amide bonds. The summed E-state index contributed by atoms with van der Waals surface area (Å²) < 4.78 is 0. The van der Waals surface area contributed by atoms with Gasteiger partial charge < -0.3 is 5.73 Å². The lowest BCUT2D eigenvalue weighted by atomic mass is 9.72. The summed E-state index contributed by atoms with van der Waals surface area (Å²) in [5.74, 6) is 1.16. The number of Topliss-reactive ketones (excluding diaryl/α,β-unsaturated/α-hetero) is 1. The molecule has 2 heteroatoms. The summed E-state index contributed by atoms with van der Waals surface area (Å²) in [6.07, 6.45) is 14.5. The predicted molar refractivity (Wildman–Crippen MR) is 75.4 cm³/mol. The molecule has 2 rings (SSSR count). The zero-order valence-corrected chi connectivity index (χ0v) is 11.8. The van der Waals surface area contributed by atoms with Crippen molar-refractivity contribution >= 4 is 5.78 Å². The predicted octanol–water partition coefficient (Wildman–Crippen LogP) is 3.83. The molecule has 0 unspecified atom stereocenters. The summed E-state index contributed by atoms with van der Waals surface area (Å²) in [7, 11) is 0. The van der Waals surface area contributed by atoms with Crippen LogP contribution in [-0.4, -0.2) is 12.3 Å². The van der Waals surface area contributed by atoms with Crippen LogP contribution in [-0.2, 0) is 4.79 Å². The standard InChI is InChI=1S/C16H29NO/c17-13-16(10-6-1-2-7-11-16)15(18)12-14-8-4-3-5-9-14/h14H,1-13,17H2. The van der Waals surface area contributed by atoms with Gasteiger partial charge >= 0.3 is 0 Å². The Bertz CT molecular complexity index is 260. The first-order valence-electron chi connectivity index (χ1n) is 8.00. The highest BCUT2D eigenvalue weighted by atomic mass is 16.1. The number of nitrogens with two attached hydrogens (primary N) is 1. The van der Waals surface area contributed by atoms with Crippen LogP contribution in [0.1, 0.15) is 77.0 Å². The van der Waals surface area contributed by atoms with Gasteiger partial charge in [-0.1, -0.05) is 57.8 Å². The first-order valence-corrected chi connectivity index (χ1v) is 8.00. The first kappa shape index (κ1) is 14.0. The van der Waals surface area contributed by atoms with Crippen LogP contribution >= 0.6 is 0 Å². The van der Waals surface area contributed by atoms with E-state index in [9.17, 15) is 4.79 Å². The van der Waals surface area contributed by atoms with E-state index in [2.05, 4.69) is 0 Å². The molecule has 0 saturated heterocycles. The van der Waals surface area contributed by atoms with Gasteiger partial charge in [-0.2, -0.15) is 0 Å². The number of rotatable bonds is 4. The zero-order chi connectivity index (χ0) is 12.8. The van der Waals surface area contributed by atoms with Crippen LogP contribution in [0.3, 0.4) is 0 Å². The van der Waals surface area contributed by atoms with E-state index in [1.807, 2.05) is 0 Å². The van der Waals surface area contributed by atoms with Crippen molar-refractivity contribution in [3.8, 4) is 0 Å². The van der Waals surface area contributed by atoms with Gasteiger partial charge in [-0.25, -0.2) is 0 Å². The molecule has 0 aromatic rings. The Morgan fingerprint density at radius 3 is 2.06 bits per heavy atom. The maximum Gasteiger partial charge on any atom is 0.140 e. The van der Waals surface area contributed by atoms with Crippen molar-refractivity contribution in [3.05, 3.63) is 0 Å². The van der Waals surface area contributed by atoms with Crippen molar-refractivity contribution in [2.24, 2.45) is 17.1 Å². The molecule has 18 heavy (non-hydrogen) atoms. The van der Waals surface area contributed by atoms with Crippen molar-refractivity contribution in [1.82, 2.24) is 0 Å². The normalized spacial score (nSPS) is 25.6. The lowest BCUT2D eigenvalue weighted by Crippen LogP contribution is -2.39. The molecule has 0 aliphatic heterocycles. The molecule has 0 aromatic heterocycles. The summed E-state index contributed by atoms with van der Waals surface area (Å²) >= 11 is 0. The van der Waals surface area contributed by atoms with Gasteiger partial charge in [0.2, 0.25) is 0 Å². The van der Waals surface area contributed by atoms with E-state index in [0.717, 1.165) is 19.3 Å². The summed E-state index contributed by atoms with van der Waals surface area (Å²) in [5, 5.41) is 0. The monoisotopic (exact) mass is 251 g/mol. The summed E-state index contributed by atoms with van der Waals surface area (Å²) in [5.41, 5.74) is 5.85. The highest BCUT2D eigenvalue weighted by Crippen LogP contribution is 2.38. The largest absolute Gasteiger partial charge is 0.329 e. The number of carbonyl (C=O) groups is 1. The molecule has 0 bridgehead atoms. The smallest absolute Gasteiger partial charge is 0.140 e. The highest BCUT2D eigenvalue weighted by molar-refractivity contribution is 5.85. The van der Waals surface area contributed by atoms with E-state index in [0.29, 0.717) is 18.2 Å². The molecule has 0 spiro atoms. The zero-order valence-electron chi connectivity index (χ0n) is 11.8. The number of hydrogen-bond donors (Lipinski definition) is 1. The van der Waals surface area contributed by atoms with Crippen molar-refractivity contribution < 1.29 is 4.79 Å². The SMILES string of the molecule is NCC1(C(=O)CC2CCCCC2)CCCCCC1. The highest BCUT2D eigenvalue weighted by Gasteiger charge is 2.37. The minimum Gasteiger partial charge on any atom is -0.329 e. The van der Waals surface area contributed by atoms with Gasteiger partial charge in [-0.15, -0.1) is 0 Å². The second-order valence-corrected chi connectivity index (χ2v) is 6.53. The molecule has 0 atom stereocenters. The minimum absolute atomic E-state index is 0.145. The van der Waals surface area contributed by atoms with Crippen molar-refractivity contribution in [2.45, 2.75) is 77.0 Å². The Morgan fingerprint density at radius 1 is 0.944 bits per heavy atom. The van der Waals surface area contributed by atoms with Gasteiger partial charge in [0.1, 0.15) is 5.78 Å². The van der Waals surface area contributed by atoms with Crippen molar-refractivity contribution in [3.63, 3.8) is 0 Å². The van der Waals surface area contributed by atoms with Crippen LogP contribution in [0.4, 0.5) is 0 Å². The van der Waals surface area contributed by atoms with Crippen LogP contribution in [0.2, 0.25) is 0 Å².